The molecular formula is C16H16BrNO. The lowest BCUT2D eigenvalue weighted by atomic mass is 9.81. The van der Waals surface area contributed by atoms with Crippen LogP contribution >= 0.6 is 15.9 Å². The molecule has 0 fully saturated rings. The zero-order chi connectivity index (χ0) is 13.5. The highest BCUT2D eigenvalue weighted by molar-refractivity contribution is 9.10. The topological polar surface area (TPSA) is 33.1 Å². The summed E-state index contributed by atoms with van der Waals surface area (Å²) in [6, 6.07) is 12.0. The van der Waals surface area contributed by atoms with Crippen LogP contribution in [0.4, 0.5) is 0 Å². The van der Waals surface area contributed by atoms with Crippen molar-refractivity contribution in [1.29, 1.82) is 0 Å². The van der Waals surface area contributed by atoms with Crippen molar-refractivity contribution in [3.63, 3.8) is 0 Å². The molecule has 19 heavy (non-hydrogen) atoms. The molecule has 0 spiro atoms. The summed E-state index contributed by atoms with van der Waals surface area (Å²) in [7, 11) is 0. The lowest BCUT2D eigenvalue weighted by molar-refractivity contribution is 0.0255. The van der Waals surface area contributed by atoms with E-state index in [-0.39, 0.29) is 5.92 Å². The number of pyridine rings is 1. The molecule has 0 radical (unpaired) electrons. The smallest absolute Gasteiger partial charge is 0.0952 e. The molecular weight excluding hydrogens is 302 g/mol. The molecule has 1 aliphatic rings. The molecule has 2 aromatic rings. The van der Waals surface area contributed by atoms with Gasteiger partial charge in [-0.2, -0.15) is 0 Å². The van der Waals surface area contributed by atoms with E-state index in [1.54, 1.807) is 0 Å². The SMILES string of the molecule is CC(O)(c1cccc(Br)c1)C1CCc2cccnc21. The predicted octanol–water partition coefficient (Wildman–Crippen LogP) is 3.78. The first-order valence-corrected chi connectivity index (χ1v) is 7.30. The van der Waals surface area contributed by atoms with Crippen molar-refractivity contribution in [2.24, 2.45) is 0 Å². The van der Waals surface area contributed by atoms with Crippen LogP contribution in [0.5, 0.6) is 0 Å². The molecule has 2 nitrogen and oxygen atoms in total. The quantitative estimate of drug-likeness (QED) is 0.914. The van der Waals surface area contributed by atoms with Crippen LogP contribution in [-0.2, 0) is 12.0 Å². The lowest BCUT2D eigenvalue weighted by Gasteiger charge is -2.31. The number of hydrogen-bond acceptors (Lipinski definition) is 2. The average molecular weight is 318 g/mol. The number of rotatable bonds is 2. The van der Waals surface area contributed by atoms with Gasteiger partial charge in [-0.25, -0.2) is 0 Å². The first-order chi connectivity index (χ1) is 9.09. The second-order valence-electron chi connectivity index (χ2n) is 5.30. The van der Waals surface area contributed by atoms with Crippen molar-refractivity contribution in [3.8, 4) is 0 Å². The van der Waals surface area contributed by atoms with Crippen molar-refractivity contribution in [1.82, 2.24) is 4.98 Å². The van der Waals surface area contributed by atoms with Gasteiger partial charge in [0.1, 0.15) is 0 Å². The lowest BCUT2D eigenvalue weighted by Crippen LogP contribution is -2.29. The highest BCUT2D eigenvalue weighted by atomic mass is 79.9. The Morgan fingerprint density at radius 2 is 2.16 bits per heavy atom. The maximum atomic E-state index is 11.0. The highest BCUT2D eigenvalue weighted by Gasteiger charge is 2.39. The Balaban J connectivity index is 2.02. The molecule has 1 aromatic carbocycles. The summed E-state index contributed by atoms with van der Waals surface area (Å²) in [5.74, 6) is 0.0676. The minimum Gasteiger partial charge on any atom is -0.385 e. The molecule has 1 aliphatic carbocycles. The number of aliphatic hydroxyl groups is 1. The third-order valence-electron chi connectivity index (χ3n) is 4.05. The summed E-state index contributed by atoms with van der Waals surface area (Å²) in [6.45, 7) is 1.89. The molecule has 0 amide bonds. The molecule has 3 rings (SSSR count). The van der Waals surface area contributed by atoms with Crippen LogP contribution in [0.2, 0.25) is 0 Å². The molecule has 1 aromatic heterocycles. The Morgan fingerprint density at radius 3 is 2.95 bits per heavy atom. The molecule has 0 aliphatic heterocycles. The van der Waals surface area contributed by atoms with Crippen molar-refractivity contribution in [2.75, 3.05) is 0 Å². The van der Waals surface area contributed by atoms with E-state index in [0.29, 0.717) is 0 Å². The van der Waals surface area contributed by atoms with Gasteiger partial charge < -0.3 is 5.11 Å². The van der Waals surface area contributed by atoms with Gasteiger partial charge in [-0.05, 0) is 49.1 Å². The first kappa shape index (κ1) is 12.8. The standard InChI is InChI=1S/C16H16BrNO/c1-16(19,12-5-2-6-13(17)10-12)14-8-7-11-4-3-9-18-15(11)14/h2-6,9-10,14,19H,7-8H2,1H3. The van der Waals surface area contributed by atoms with Crippen LogP contribution in [0.15, 0.2) is 47.1 Å². The van der Waals surface area contributed by atoms with Crippen LogP contribution in [-0.4, -0.2) is 10.1 Å². The van der Waals surface area contributed by atoms with Crippen molar-refractivity contribution in [2.45, 2.75) is 31.3 Å². The Bertz CT molecular complexity index is 609. The summed E-state index contributed by atoms with van der Waals surface area (Å²) in [4.78, 5) is 4.48. The zero-order valence-corrected chi connectivity index (χ0v) is 12.4. The monoisotopic (exact) mass is 317 g/mol. The fourth-order valence-corrected chi connectivity index (χ4v) is 3.36. The van der Waals surface area contributed by atoms with Gasteiger partial charge in [0.25, 0.3) is 0 Å². The maximum absolute atomic E-state index is 11.0. The van der Waals surface area contributed by atoms with Crippen molar-refractivity contribution >= 4 is 15.9 Å². The number of halogens is 1. The number of aromatic nitrogens is 1. The summed E-state index contributed by atoms with van der Waals surface area (Å²) < 4.78 is 0.990. The summed E-state index contributed by atoms with van der Waals surface area (Å²) in [5, 5.41) is 11.0. The Morgan fingerprint density at radius 1 is 1.32 bits per heavy atom. The second-order valence-corrected chi connectivity index (χ2v) is 6.21. The largest absolute Gasteiger partial charge is 0.385 e. The van der Waals surface area contributed by atoms with E-state index in [1.165, 1.54) is 5.56 Å². The summed E-state index contributed by atoms with van der Waals surface area (Å²) >= 11 is 3.47. The van der Waals surface area contributed by atoms with Gasteiger partial charge in [0.15, 0.2) is 0 Å². The third kappa shape index (κ3) is 2.21. The van der Waals surface area contributed by atoms with Gasteiger partial charge in [-0.1, -0.05) is 34.1 Å². The van der Waals surface area contributed by atoms with E-state index in [2.05, 4.69) is 27.0 Å². The van der Waals surface area contributed by atoms with Crippen LogP contribution in [0.25, 0.3) is 0 Å². The fraction of sp³-hybridized carbons (Fsp3) is 0.312. The number of benzene rings is 1. The van der Waals surface area contributed by atoms with Crippen LogP contribution in [0, 0.1) is 0 Å². The Hall–Kier alpha value is -1.19. The van der Waals surface area contributed by atoms with Crippen LogP contribution in [0.1, 0.15) is 36.1 Å². The van der Waals surface area contributed by atoms with Gasteiger partial charge in [-0.3, -0.25) is 4.98 Å². The van der Waals surface area contributed by atoms with Gasteiger partial charge in [0.2, 0.25) is 0 Å². The van der Waals surface area contributed by atoms with E-state index in [4.69, 9.17) is 0 Å². The Kier molecular flexibility index (Phi) is 3.19. The van der Waals surface area contributed by atoms with Crippen molar-refractivity contribution < 1.29 is 5.11 Å². The number of fused-ring (bicyclic) bond motifs is 1. The minimum atomic E-state index is -0.886. The molecule has 0 bridgehead atoms. The van der Waals surface area contributed by atoms with E-state index in [0.717, 1.165) is 28.6 Å². The normalized spacial score (nSPS) is 20.9. The predicted molar refractivity (Wildman–Crippen MR) is 79.0 cm³/mol. The van der Waals surface area contributed by atoms with Crippen LogP contribution in [0.3, 0.4) is 0 Å². The minimum absolute atomic E-state index is 0.0676. The average Bonchev–Trinajstić information content (AvgIpc) is 2.83. The van der Waals surface area contributed by atoms with Gasteiger partial charge in [-0.15, -0.1) is 0 Å². The van der Waals surface area contributed by atoms with Gasteiger partial charge in [0, 0.05) is 22.3 Å². The molecule has 3 heteroatoms. The Labute approximate surface area is 121 Å². The van der Waals surface area contributed by atoms with E-state index < -0.39 is 5.60 Å². The molecule has 2 atom stereocenters. The van der Waals surface area contributed by atoms with E-state index in [9.17, 15) is 5.11 Å². The molecule has 1 heterocycles. The molecule has 1 N–H and O–H groups in total. The van der Waals surface area contributed by atoms with E-state index in [1.807, 2.05) is 43.5 Å². The van der Waals surface area contributed by atoms with Gasteiger partial charge >= 0.3 is 0 Å². The second kappa shape index (κ2) is 4.73. The molecule has 0 saturated heterocycles. The number of aryl methyl sites for hydroxylation is 1. The maximum Gasteiger partial charge on any atom is 0.0952 e. The third-order valence-corrected chi connectivity index (χ3v) is 4.54. The van der Waals surface area contributed by atoms with E-state index >= 15 is 0 Å². The first-order valence-electron chi connectivity index (χ1n) is 6.51. The summed E-state index contributed by atoms with van der Waals surface area (Å²) in [5.41, 5.74) is 2.37. The fourth-order valence-electron chi connectivity index (χ4n) is 2.96. The molecule has 2 unspecified atom stereocenters. The van der Waals surface area contributed by atoms with Gasteiger partial charge in [0.05, 0.1) is 5.60 Å². The number of hydrogen-bond donors (Lipinski definition) is 1. The number of nitrogens with zero attached hydrogens (tertiary/aromatic N) is 1. The van der Waals surface area contributed by atoms with Crippen molar-refractivity contribution in [3.05, 3.63) is 63.9 Å². The summed E-state index contributed by atoms with van der Waals surface area (Å²) in [6.07, 6.45) is 3.76. The molecule has 0 saturated carbocycles. The highest BCUT2D eigenvalue weighted by Crippen LogP contribution is 2.44. The zero-order valence-electron chi connectivity index (χ0n) is 10.8. The van der Waals surface area contributed by atoms with Crippen LogP contribution < -0.4 is 0 Å². The molecule has 98 valence electrons.